The molecule has 1 aromatic rings. The van der Waals surface area contributed by atoms with Gasteiger partial charge in [0.25, 0.3) is 0 Å². The Hall–Kier alpha value is -0.730. The van der Waals surface area contributed by atoms with Crippen LogP contribution in [0.2, 0.25) is 5.22 Å². The Kier molecular flexibility index (Phi) is 4.77. The molecule has 0 saturated carbocycles. The highest BCUT2D eigenvalue weighted by molar-refractivity contribution is 6.28. The van der Waals surface area contributed by atoms with E-state index in [1.807, 2.05) is 12.1 Å². The summed E-state index contributed by atoms with van der Waals surface area (Å²) in [6.07, 6.45) is 3.06. The zero-order valence-electron chi connectivity index (χ0n) is 8.64. The molecule has 1 N–H and O–H groups in total. The summed E-state index contributed by atoms with van der Waals surface area (Å²) in [5, 5.41) is 3.72. The summed E-state index contributed by atoms with van der Waals surface area (Å²) in [5.41, 5.74) is 1.32. The lowest BCUT2D eigenvalue weighted by Gasteiger charge is -2.03. The van der Waals surface area contributed by atoms with Gasteiger partial charge < -0.3 is 9.73 Å². The molecule has 0 aliphatic carbocycles. The third-order valence-corrected chi connectivity index (χ3v) is 2.20. The predicted molar refractivity (Wildman–Crippen MR) is 60.5 cm³/mol. The average Bonchev–Trinajstić information content (AvgIpc) is 2.58. The fourth-order valence-corrected chi connectivity index (χ4v) is 1.32. The predicted octanol–water partition coefficient (Wildman–Crippen LogP) is 3.34. The highest BCUT2D eigenvalue weighted by atomic mass is 35.5. The van der Waals surface area contributed by atoms with Crippen LogP contribution in [0.25, 0.3) is 6.08 Å². The number of furan rings is 1. The van der Waals surface area contributed by atoms with Crippen molar-refractivity contribution >= 4 is 17.7 Å². The van der Waals surface area contributed by atoms with E-state index < -0.39 is 0 Å². The van der Waals surface area contributed by atoms with Crippen molar-refractivity contribution in [2.45, 2.75) is 20.3 Å². The summed E-state index contributed by atoms with van der Waals surface area (Å²) in [7, 11) is 0. The molecular formula is C11H16ClNO. The Morgan fingerprint density at radius 1 is 1.50 bits per heavy atom. The van der Waals surface area contributed by atoms with Crippen LogP contribution < -0.4 is 5.32 Å². The van der Waals surface area contributed by atoms with Crippen LogP contribution in [0.5, 0.6) is 0 Å². The van der Waals surface area contributed by atoms with Crippen molar-refractivity contribution in [3.63, 3.8) is 0 Å². The van der Waals surface area contributed by atoms with Gasteiger partial charge in [0, 0.05) is 6.54 Å². The molecule has 2 nitrogen and oxygen atoms in total. The summed E-state index contributed by atoms with van der Waals surface area (Å²) in [4.78, 5) is 0. The maximum absolute atomic E-state index is 5.68. The van der Waals surface area contributed by atoms with Crippen molar-refractivity contribution in [3.8, 4) is 0 Å². The highest BCUT2D eigenvalue weighted by Gasteiger charge is 1.98. The lowest BCUT2D eigenvalue weighted by Crippen LogP contribution is -2.15. The van der Waals surface area contributed by atoms with Gasteiger partial charge in [-0.15, -0.1) is 0 Å². The van der Waals surface area contributed by atoms with Crippen LogP contribution in [-0.4, -0.2) is 13.1 Å². The maximum atomic E-state index is 5.68. The topological polar surface area (TPSA) is 25.2 Å². The van der Waals surface area contributed by atoms with Crippen LogP contribution in [0, 0.1) is 0 Å². The number of hydrogen-bond acceptors (Lipinski definition) is 2. The number of likely N-dealkylation sites (N-methyl/N-ethyl adjacent to an activating group) is 1. The van der Waals surface area contributed by atoms with E-state index in [0.29, 0.717) is 5.22 Å². The minimum Gasteiger partial charge on any atom is -0.445 e. The van der Waals surface area contributed by atoms with Crippen LogP contribution in [0.1, 0.15) is 26.0 Å². The quantitative estimate of drug-likeness (QED) is 0.812. The third kappa shape index (κ3) is 3.56. The summed E-state index contributed by atoms with van der Waals surface area (Å²) >= 11 is 5.68. The Morgan fingerprint density at radius 2 is 2.29 bits per heavy atom. The molecule has 1 aromatic heterocycles. The zero-order chi connectivity index (χ0) is 10.4. The molecule has 0 fully saturated rings. The summed E-state index contributed by atoms with van der Waals surface area (Å²) < 4.78 is 5.26. The number of halogens is 1. The first-order valence-electron chi connectivity index (χ1n) is 4.91. The second kappa shape index (κ2) is 5.89. The lowest BCUT2D eigenvalue weighted by atomic mass is 10.2. The second-order valence-corrected chi connectivity index (χ2v) is 3.45. The zero-order valence-corrected chi connectivity index (χ0v) is 9.40. The number of nitrogens with one attached hydrogen (secondary N) is 1. The average molecular weight is 214 g/mol. The fraction of sp³-hybridized carbons (Fsp3) is 0.455. The minimum absolute atomic E-state index is 0.440. The van der Waals surface area contributed by atoms with Crippen molar-refractivity contribution in [3.05, 3.63) is 28.7 Å². The fourth-order valence-electron chi connectivity index (χ4n) is 1.17. The van der Waals surface area contributed by atoms with Gasteiger partial charge >= 0.3 is 0 Å². The molecule has 78 valence electrons. The molecule has 0 spiro atoms. The highest BCUT2D eigenvalue weighted by Crippen LogP contribution is 2.16. The second-order valence-electron chi connectivity index (χ2n) is 3.08. The monoisotopic (exact) mass is 213 g/mol. The molecule has 3 heteroatoms. The molecule has 0 aliphatic heterocycles. The van der Waals surface area contributed by atoms with Crippen molar-refractivity contribution in [1.82, 2.24) is 5.32 Å². The van der Waals surface area contributed by atoms with Crippen LogP contribution in [-0.2, 0) is 0 Å². The first kappa shape index (κ1) is 11.3. The third-order valence-electron chi connectivity index (χ3n) is 2.00. The standard InChI is InChI=1S/C11H16ClNO/c1-3-9(8-13-4-2)7-10-5-6-11(12)14-10/h5-7,13H,3-4,8H2,1-2H3. The van der Waals surface area contributed by atoms with Gasteiger partial charge in [-0.2, -0.15) is 0 Å². The Bertz CT molecular complexity index is 304. The molecule has 1 rings (SSSR count). The first-order valence-corrected chi connectivity index (χ1v) is 5.29. The van der Waals surface area contributed by atoms with E-state index in [4.69, 9.17) is 16.0 Å². The van der Waals surface area contributed by atoms with E-state index in [1.165, 1.54) is 5.57 Å². The van der Waals surface area contributed by atoms with Gasteiger partial charge in [-0.25, -0.2) is 0 Å². The Morgan fingerprint density at radius 3 is 2.79 bits per heavy atom. The van der Waals surface area contributed by atoms with Crippen LogP contribution in [0.3, 0.4) is 0 Å². The van der Waals surface area contributed by atoms with E-state index in [9.17, 15) is 0 Å². The van der Waals surface area contributed by atoms with Crippen LogP contribution in [0.4, 0.5) is 0 Å². The molecule has 0 aromatic carbocycles. The number of hydrogen-bond donors (Lipinski definition) is 1. The van der Waals surface area contributed by atoms with Crippen LogP contribution >= 0.6 is 11.6 Å². The van der Waals surface area contributed by atoms with E-state index in [0.717, 1.165) is 25.3 Å². The SMILES string of the molecule is CCNCC(=Cc1ccc(Cl)o1)CC. The summed E-state index contributed by atoms with van der Waals surface area (Å²) in [6, 6.07) is 3.64. The molecule has 0 amide bonds. The maximum Gasteiger partial charge on any atom is 0.193 e. The molecule has 0 bridgehead atoms. The number of rotatable bonds is 5. The lowest BCUT2D eigenvalue weighted by molar-refractivity contribution is 0.558. The molecule has 0 aliphatic rings. The van der Waals surface area contributed by atoms with E-state index in [1.54, 1.807) is 6.07 Å². The van der Waals surface area contributed by atoms with Gasteiger partial charge in [0.05, 0.1) is 0 Å². The summed E-state index contributed by atoms with van der Waals surface area (Å²) in [6.45, 7) is 6.12. The van der Waals surface area contributed by atoms with Crippen molar-refractivity contribution in [1.29, 1.82) is 0 Å². The van der Waals surface area contributed by atoms with Gasteiger partial charge in [0.2, 0.25) is 0 Å². The minimum atomic E-state index is 0.440. The van der Waals surface area contributed by atoms with Gasteiger partial charge in [-0.3, -0.25) is 0 Å². The van der Waals surface area contributed by atoms with Gasteiger partial charge in [-0.05, 0) is 42.8 Å². The largest absolute Gasteiger partial charge is 0.445 e. The molecule has 14 heavy (non-hydrogen) atoms. The van der Waals surface area contributed by atoms with Crippen LogP contribution in [0.15, 0.2) is 22.1 Å². The molecule has 0 radical (unpaired) electrons. The van der Waals surface area contributed by atoms with Gasteiger partial charge in [-0.1, -0.05) is 19.4 Å². The molecule has 0 atom stereocenters. The summed E-state index contributed by atoms with van der Waals surface area (Å²) in [5.74, 6) is 0.824. The molecule has 0 unspecified atom stereocenters. The van der Waals surface area contributed by atoms with E-state index in [2.05, 4.69) is 19.2 Å². The first-order chi connectivity index (χ1) is 6.76. The molecule has 0 saturated heterocycles. The van der Waals surface area contributed by atoms with Gasteiger partial charge in [0.15, 0.2) is 5.22 Å². The smallest absolute Gasteiger partial charge is 0.193 e. The van der Waals surface area contributed by atoms with Crippen molar-refractivity contribution in [2.24, 2.45) is 0 Å². The van der Waals surface area contributed by atoms with Crippen molar-refractivity contribution < 1.29 is 4.42 Å². The Balaban J connectivity index is 2.63. The molecular weight excluding hydrogens is 198 g/mol. The van der Waals surface area contributed by atoms with E-state index in [-0.39, 0.29) is 0 Å². The van der Waals surface area contributed by atoms with Gasteiger partial charge in [0.1, 0.15) is 5.76 Å². The van der Waals surface area contributed by atoms with Crippen molar-refractivity contribution in [2.75, 3.05) is 13.1 Å². The normalized spacial score (nSPS) is 12.1. The Labute approximate surface area is 89.9 Å². The molecule has 1 heterocycles. The van der Waals surface area contributed by atoms with E-state index >= 15 is 0 Å².